The van der Waals surface area contributed by atoms with Crippen molar-refractivity contribution in [3.8, 4) is 11.5 Å². The van der Waals surface area contributed by atoms with Crippen molar-refractivity contribution >= 4 is 0 Å². The molecular weight excluding hydrogens is 256 g/mol. The Morgan fingerprint density at radius 1 is 1.25 bits per heavy atom. The molecule has 0 radical (unpaired) electrons. The highest BCUT2D eigenvalue weighted by Crippen LogP contribution is 2.34. The molecule has 0 bridgehead atoms. The molecule has 0 saturated carbocycles. The molecule has 0 amide bonds. The Morgan fingerprint density at radius 3 is 2.55 bits per heavy atom. The van der Waals surface area contributed by atoms with Gasteiger partial charge in [-0.05, 0) is 30.5 Å². The third kappa shape index (κ3) is 3.23. The summed E-state index contributed by atoms with van der Waals surface area (Å²) in [6.07, 6.45) is 0.00700. The molecule has 1 heterocycles. The number of fused-ring (bicyclic) bond motifs is 1. The number of nitrogens with one attached hydrogen (secondary N) is 1. The van der Waals surface area contributed by atoms with Crippen LogP contribution in [-0.2, 0) is 4.74 Å². The number of rotatable bonds is 6. The molecule has 1 aromatic carbocycles. The van der Waals surface area contributed by atoms with E-state index in [1.807, 2.05) is 25.1 Å². The summed E-state index contributed by atoms with van der Waals surface area (Å²) < 4.78 is 17.0. The Bertz CT molecular complexity index is 437. The normalized spacial score (nSPS) is 17.1. The van der Waals surface area contributed by atoms with Crippen molar-refractivity contribution < 1.29 is 14.2 Å². The van der Waals surface area contributed by atoms with E-state index in [9.17, 15) is 0 Å². The molecule has 2 rings (SSSR count). The third-order valence-electron chi connectivity index (χ3n) is 3.45. The van der Waals surface area contributed by atoms with Crippen LogP contribution in [0, 0.1) is 5.92 Å². The maximum absolute atomic E-state index is 5.84. The lowest BCUT2D eigenvalue weighted by molar-refractivity contribution is 0.00267. The molecule has 5 nitrogen and oxygen atoms in total. The van der Waals surface area contributed by atoms with Crippen molar-refractivity contribution in [1.82, 2.24) is 5.43 Å². The van der Waals surface area contributed by atoms with E-state index in [0.29, 0.717) is 25.7 Å². The van der Waals surface area contributed by atoms with E-state index in [1.54, 1.807) is 0 Å². The van der Waals surface area contributed by atoms with Crippen LogP contribution in [-0.4, -0.2) is 25.9 Å². The summed E-state index contributed by atoms with van der Waals surface area (Å²) >= 11 is 0. The maximum Gasteiger partial charge on any atom is 0.161 e. The molecule has 0 fully saturated rings. The zero-order chi connectivity index (χ0) is 14.5. The highest BCUT2D eigenvalue weighted by molar-refractivity contribution is 5.44. The third-order valence-corrected chi connectivity index (χ3v) is 3.45. The first-order valence-corrected chi connectivity index (χ1v) is 7.14. The van der Waals surface area contributed by atoms with Crippen LogP contribution in [0.1, 0.15) is 32.4 Å². The van der Waals surface area contributed by atoms with Gasteiger partial charge in [-0.2, -0.15) is 0 Å². The minimum atomic E-state index is -0.0780. The van der Waals surface area contributed by atoms with Crippen LogP contribution >= 0.6 is 0 Å². The van der Waals surface area contributed by atoms with Crippen LogP contribution in [0.25, 0.3) is 0 Å². The van der Waals surface area contributed by atoms with Gasteiger partial charge >= 0.3 is 0 Å². The topological polar surface area (TPSA) is 65.7 Å². The summed E-state index contributed by atoms with van der Waals surface area (Å²) in [6.45, 7) is 8.08. The molecule has 112 valence electrons. The first-order chi connectivity index (χ1) is 9.67. The zero-order valence-corrected chi connectivity index (χ0v) is 12.4. The fraction of sp³-hybridized carbons (Fsp3) is 0.600. The fourth-order valence-corrected chi connectivity index (χ4v) is 2.50. The van der Waals surface area contributed by atoms with Crippen LogP contribution in [0.3, 0.4) is 0 Å². The number of ether oxygens (including phenoxy) is 3. The van der Waals surface area contributed by atoms with Gasteiger partial charge in [0.15, 0.2) is 11.5 Å². The van der Waals surface area contributed by atoms with Gasteiger partial charge in [0.1, 0.15) is 13.2 Å². The van der Waals surface area contributed by atoms with Crippen molar-refractivity contribution in [1.29, 1.82) is 0 Å². The lowest BCUT2D eigenvalue weighted by Crippen LogP contribution is -2.40. The summed E-state index contributed by atoms with van der Waals surface area (Å²) in [5.74, 6) is 7.66. The highest BCUT2D eigenvalue weighted by atomic mass is 16.6. The predicted octanol–water partition coefficient (Wildman–Crippen LogP) is 2.02. The summed E-state index contributed by atoms with van der Waals surface area (Å²) in [5.41, 5.74) is 3.92. The molecule has 0 saturated heterocycles. The number of hydrogen-bond donors (Lipinski definition) is 2. The molecular formula is C15H24N2O3. The second-order valence-corrected chi connectivity index (χ2v) is 5.21. The molecule has 0 aliphatic carbocycles. The lowest BCUT2D eigenvalue weighted by atomic mass is 9.93. The van der Waals surface area contributed by atoms with Gasteiger partial charge in [-0.3, -0.25) is 11.3 Å². The summed E-state index contributed by atoms with van der Waals surface area (Å²) in [7, 11) is 0. The summed E-state index contributed by atoms with van der Waals surface area (Å²) in [4.78, 5) is 0. The van der Waals surface area contributed by atoms with Gasteiger partial charge in [0.2, 0.25) is 0 Å². The second kappa shape index (κ2) is 6.92. The Balaban J connectivity index is 2.26. The van der Waals surface area contributed by atoms with Crippen LogP contribution in [0.5, 0.6) is 11.5 Å². The average molecular weight is 280 g/mol. The van der Waals surface area contributed by atoms with Crippen molar-refractivity contribution in [2.24, 2.45) is 11.8 Å². The Labute approximate surface area is 120 Å². The zero-order valence-electron chi connectivity index (χ0n) is 12.4. The smallest absolute Gasteiger partial charge is 0.161 e. The van der Waals surface area contributed by atoms with Crippen molar-refractivity contribution in [2.45, 2.75) is 32.9 Å². The number of hydrazine groups is 1. The van der Waals surface area contributed by atoms with Crippen LogP contribution in [0.15, 0.2) is 18.2 Å². The van der Waals surface area contributed by atoms with Crippen molar-refractivity contribution in [2.75, 3.05) is 19.8 Å². The monoisotopic (exact) mass is 280 g/mol. The molecule has 3 N–H and O–H groups in total. The van der Waals surface area contributed by atoms with Gasteiger partial charge in [-0.15, -0.1) is 0 Å². The van der Waals surface area contributed by atoms with Gasteiger partial charge in [0.05, 0.1) is 12.1 Å². The predicted molar refractivity (Wildman–Crippen MR) is 77.7 cm³/mol. The molecule has 0 aromatic heterocycles. The molecule has 2 unspecified atom stereocenters. The molecule has 2 atom stereocenters. The fourth-order valence-electron chi connectivity index (χ4n) is 2.50. The average Bonchev–Trinajstić information content (AvgIpc) is 2.47. The van der Waals surface area contributed by atoms with E-state index in [2.05, 4.69) is 19.3 Å². The van der Waals surface area contributed by atoms with Crippen LogP contribution in [0.2, 0.25) is 0 Å². The second-order valence-electron chi connectivity index (χ2n) is 5.21. The minimum absolute atomic E-state index is 0.00700. The van der Waals surface area contributed by atoms with Crippen molar-refractivity contribution in [3.63, 3.8) is 0 Å². The number of nitrogens with two attached hydrogens (primary N) is 1. The number of benzene rings is 1. The van der Waals surface area contributed by atoms with Crippen molar-refractivity contribution in [3.05, 3.63) is 23.8 Å². The lowest BCUT2D eigenvalue weighted by Gasteiger charge is -2.30. The molecule has 1 aliphatic rings. The SMILES string of the molecule is CCOC(C(C)C)C(NN)c1ccc2c(c1)OCCO2. The van der Waals surface area contributed by atoms with Gasteiger partial charge in [-0.25, -0.2) is 0 Å². The first kappa shape index (κ1) is 15.1. The van der Waals surface area contributed by atoms with Crippen LogP contribution in [0.4, 0.5) is 0 Å². The number of hydrogen-bond acceptors (Lipinski definition) is 5. The van der Waals surface area contributed by atoms with Crippen LogP contribution < -0.4 is 20.7 Å². The standard InChI is InChI=1S/C15H24N2O3/c1-4-18-15(10(2)3)14(17-16)11-5-6-12-13(9-11)20-8-7-19-12/h5-6,9-10,14-15,17H,4,7-8,16H2,1-3H3. The van der Waals surface area contributed by atoms with E-state index in [0.717, 1.165) is 17.1 Å². The first-order valence-electron chi connectivity index (χ1n) is 7.14. The Morgan fingerprint density at radius 2 is 1.95 bits per heavy atom. The van der Waals surface area contributed by atoms with E-state index in [-0.39, 0.29) is 12.1 Å². The highest BCUT2D eigenvalue weighted by Gasteiger charge is 2.27. The molecule has 0 spiro atoms. The van der Waals surface area contributed by atoms with E-state index >= 15 is 0 Å². The van der Waals surface area contributed by atoms with E-state index in [1.165, 1.54) is 0 Å². The Kier molecular flexibility index (Phi) is 5.23. The molecule has 20 heavy (non-hydrogen) atoms. The molecule has 1 aromatic rings. The van der Waals surface area contributed by atoms with Gasteiger partial charge in [0, 0.05) is 6.61 Å². The van der Waals surface area contributed by atoms with Gasteiger partial charge < -0.3 is 14.2 Å². The van der Waals surface area contributed by atoms with E-state index < -0.39 is 0 Å². The quantitative estimate of drug-likeness (QED) is 0.616. The van der Waals surface area contributed by atoms with Gasteiger partial charge in [0.25, 0.3) is 0 Å². The molecule has 1 aliphatic heterocycles. The maximum atomic E-state index is 5.84. The summed E-state index contributed by atoms with van der Waals surface area (Å²) in [5, 5.41) is 0. The Hall–Kier alpha value is -1.30. The molecule has 5 heteroatoms. The minimum Gasteiger partial charge on any atom is -0.486 e. The summed E-state index contributed by atoms with van der Waals surface area (Å²) in [6, 6.07) is 5.84. The van der Waals surface area contributed by atoms with Gasteiger partial charge in [-0.1, -0.05) is 19.9 Å². The largest absolute Gasteiger partial charge is 0.486 e. The van der Waals surface area contributed by atoms with E-state index in [4.69, 9.17) is 20.1 Å².